The van der Waals surface area contributed by atoms with Crippen LogP contribution in [0.25, 0.3) is 49.4 Å². The highest BCUT2D eigenvalue weighted by Crippen LogP contribution is 2.61. The van der Waals surface area contributed by atoms with Gasteiger partial charge in [-0.15, -0.1) is 0 Å². The minimum atomic E-state index is -0.240. The molecule has 2 aromatic heterocycles. The van der Waals surface area contributed by atoms with Gasteiger partial charge in [-0.05, 0) is 118 Å². The lowest BCUT2D eigenvalue weighted by molar-refractivity contribution is 0.631. The lowest BCUT2D eigenvalue weighted by Crippen LogP contribution is -2.18. The van der Waals surface area contributed by atoms with Crippen LogP contribution in [0.3, 0.4) is 0 Å². The summed E-state index contributed by atoms with van der Waals surface area (Å²) in [7, 11) is 0. The molecule has 0 unspecified atom stereocenters. The molecule has 59 heavy (non-hydrogen) atoms. The lowest BCUT2D eigenvalue weighted by atomic mass is 9.81. The minimum Gasteiger partial charge on any atom is -0.310 e. The van der Waals surface area contributed by atoms with Crippen molar-refractivity contribution in [2.45, 2.75) is 38.5 Å². The number of aromatic nitrogens is 1. The molecule has 2 heterocycles. The Hall–Kier alpha value is -7.10. The largest absolute Gasteiger partial charge is 0.310 e. The Kier molecular flexibility index (Phi) is 7.03. The van der Waals surface area contributed by atoms with Crippen molar-refractivity contribution >= 4 is 61.2 Å². The van der Waals surface area contributed by atoms with E-state index in [1.807, 2.05) is 0 Å². The maximum atomic E-state index is 2.68. The van der Waals surface area contributed by atoms with Crippen molar-refractivity contribution in [1.29, 1.82) is 0 Å². The van der Waals surface area contributed by atoms with Crippen LogP contribution >= 0.6 is 0 Å². The molecular formula is C56H43N3. The summed E-state index contributed by atoms with van der Waals surface area (Å²) in [5.41, 5.74) is 18.8. The van der Waals surface area contributed by atoms with E-state index in [2.05, 4.69) is 230 Å². The van der Waals surface area contributed by atoms with E-state index in [1.165, 1.54) is 77.5 Å². The third kappa shape index (κ3) is 4.70. The van der Waals surface area contributed by atoms with Gasteiger partial charge in [-0.25, -0.2) is 0 Å². The molecule has 0 radical (unpaired) electrons. The minimum absolute atomic E-state index is 0.204. The zero-order chi connectivity index (χ0) is 39.6. The van der Waals surface area contributed by atoms with Crippen LogP contribution in [0.1, 0.15) is 50.1 Å². The predicted octanol–water partition coefficient (Wildman–Crippen LogP) is 15.2. The molecule has 3 nitrogen and oxygen atoms in total. The van der Waals surface area contributed by atoms with Gasteiger partial charge in [0.25, 0.3) is 0 Å². The normalized spacial score (nSPS) is 14.4. The van der Waals surface area contributed by atoms with Crippen LogP contribution in [0.4, 0.5) is 34.1 Å². The van der Waals surface area contributed by atoms with Crippen molar-refractivity contribution < 1.29 is 0 Å². The highest BCUT2D eigenvalue weighted by atomic mass is 15.1. The quantitative estimate of drug-likeness (QED) is 0.167. The van der Waals surface area contributed by atoms with Gasteiger partial charge in [-0.3, -0.25) is 0 Å². The number of hydrogen-bond acceptors (Lipinski definition) is 2. The molecule has 0 amide bonds. The molecular weight excluding hydrogens is 715 g/mol. The smallest absolute Gasteiger partial charge is 0.0614 e. The Balaban J connectivity index is 1.04. The molecule has 3 heteroatoms. The predicted molar refractivity (Wildman–Crippen MR) is 248 cm³/mol. The van der Waals surface area contributed by atoms with Crippen LogP contribution in [0.15, 0.2) is 188 Å². The second-order valence-corrected chi connectivity index (χ2v) is 17.4. The van der Waals surface area contributed by atoms with Crippen LogP contribution in [0.5, 0.6) is 0 Å². The summed E-state index contributed by atoms with van der Waals surface area (Å²) in [5, 5.41) is 5.22. The van der Waals surface area contributed by atoms with E-state index < -0.39 is 0 Å². The molecule has 0 spiro atoms. The van der Waals surface area contributed by atoms with Crippen molar-refractivity contribution in [2.24, 2.45) is 0 Å². The molecule has 12 rings (SSSR count). The fraction of sp³-hybridized carbons (Fsp3) is 0.107. The van der Waals surface area contributed by atoms with Crippen LogP contribution in [-0.4, -0.2) is 4.40 Å². The average Bonchev–Trinajstić information content (AvgIpc) is 3.94. The second kappa shape index (κ2) is 12.2. The molecule has 0 saturated carbocycles. The Morgan fingerprint density at radius 3 is 1.47 bits per heavy atom. The van der Waals surface area contributed by atoms with Crippen molar-refractivity contribution in [3.63, 3.8) is 0 Å². The maximum absolute atomic E-state index is 2.68. The molecule has 0 atom stereocenters. The lowest BCUT2D eigenvalue weighted by Gasteiger charge is -2.28. The summed E-state index contributed by atoms with van der Waals surface area (Å²) in [5.74, 6) is 0. The number of para-hydroxylation sites is 5. The molecule has 282 valence electrons. The van der Waals surface area contributed by atoms with Crippen molar-refractivity contribution in [2.75, 3.05) is 9.80 Å². The molecule has 0 N–H and O–H groups in total. The zero-order valence-corrected chi connectivity index (χ0v) is 33.7. The summed E-state index contributed by atoms with van der Waals surface area (Å²) in [4.78, 5) is 4.74. The number of hydrogen-bond donors (Lipinski definition) is 0. The first-order chi connectivity index (χ1) is 28.8. The maximum Gasteiger partial charge on any atom is 0.0614 e. The summed E-state index contributed by atoms with van der Waals surface area (Å²) in [6, 6.07) is 69.0. The van der Waals surface area contributed by atoms with E-state index in [-0.39, 0.29) is 10.8 Å². The fourth-order valence-corrected chi connectivity index (χ4v) is 10.8. The molecule has 0 aliphatic heterocycles. The van der Waals surface area contributed by atoms with Crippen molar-refractivity contribution in [3.05, 3.63) is 210 Å². The topological polar surface area (TPSA) is 10.9 Å². The van der Waals surface area contributed by atoms with Crippen LogP contribution < -0.4 is 9.80 Å². The van der Waals surface area contributed by atoms with Gasteiger partial charge in [0.15, 0.2) is 0 Å². The van der Waals surface area contributed by atoms with E-state index in [1.54, 1.807) is 0 Å². The van der Waals surface area contributed by atoms with Crippen molar-refractivity contribution in [1.82, 2.24) is 4.40 Å². The highest BCUT2D eigenvalue weighted by Gasteiger charge is 2.46. The molecule has 2 aliphatic carbocycles. The third-order valence-corrected chi connectivity index (χ3v) is 13.3. The zero-order valence-electron chi connectivity index (χ0n) is 33.7. The average molecular weight is 758 g/mol. The van der Waals surface area contributed by atoms with Gasteiger partial charge in [0.05, 0.1) is 11.2 Å². The molecule has 10 aromatic rings. The fourth-order valence-electron chi connectivity index (χ4n) is 10.8. The molecule has 2 aliphatic rings. The first-order valence-electron chi connectivity index (χ1n) is 20.8. The van der Waals surface area contributed by atoms with E-state index in [4.69, 9.17) is 0 Å². The van der Waals surface area contributed by atoms with Crippen molar-refractivity contribution in [3.8, 4) is 22.4 Å². The van der Waals surface area contributed by atoms with Crippen LogP contribution in [0, 0.1) is 0 Å². The summed E-state index contributed by atoms with van der Waals surface area (Å²) < 4.78 is 2.68. The van der Waals surface area contributed by atoms with E-state index in [0.29, 0.717) is 0 Å². The Morgan fingerprint density at radius 2 is 0.898 bits per heavy atom. The third-order valence-electron chi connectivity index (χ3n) is 13.3. The van der Waals surface area contributed by atoms with Gasteiger partial charge in [-0.2, -0.15) is 0 Å². The number of fused-ring (bicyclic) bond motifs is 11. The van der Waals surface area contributed by atoms with E-state index in [0.717, 1.165) is 28.4 Å². The highest BCUT2D eigenvalue weighted by molar-refractivity contribution is 6.15. The number of benzene rings is 8. The van der Waals surface area contributed by atoms with Crippen LogP contribution in [0.2, 0.25) is 0 Å². The van der Waals surface area contributed by atoms with E-state index >= 15 is 0 Å². The second-order valence-electron chi connectivity index (χ2n) is 17.4. The van der Waals surface area contributed by atoms with Gasteiger partial charge in [0.2, 0.25) is 0 Å². The monoisotopic (exact) mass is 757 g/mol. The molecule has 0 saturated heterocycles. The van der Waals surface area contributed by atoms with E-state index in [9.17, 15) is 0 Å². The number of rotatable bonds is 6. The summed E-state index contributed by atoms with van der Waals surface area (Å²) in [6.07, 6.45) is 0. The first kappa shape index (κ1) is 34.0. The van der Waals surface area contributed by atoms with Crippen LogP contribution in [-0.2, 0) is 10.8 Å². The van der Waals surface area contributed by atoms with Gasteiger partial charge in [-0.1, -0.05) is 131 Å². The molecule has 0 bridgehead atoms. The first-order valence-corrected chi connectivity index (χ1v) is 20.8. The molecule has 8 aromatic carbocycles. The summed E-state index contributed by atoms with van der Waals surface area (Å²) >= 11 is 0. The molecule has 0 fully saturated rings. The number of anilines is 6. The van der Waals surface area contributed by atoms with Gasteiger partial charge in [0, 0.05) is 72.5 Å². The summed E-state index contributed by atoms with van der Waals surface area (Å²) in [6.45, 7) is 9.74. The standard InChI is InChI=1S/C56H43N3/c1-55(2)49-35-43(58(40-22-13-7-14-23-40)41-24-15-8-16-25-41)30-31-44(49)53-51(55)46-27-17-26-45-50-47-33-36-28-29-42(57(38-18-9-5-10-19-38)39-20-11-6-12-21-39)32-37(36)34-48(47)56(3,4)54(50)59(53)52(45)46/h5-35H,1-4H3. The van der Waals surface area contributed by atoms with Gasteiger partial charge < -0.3 is 14.2 Å². The van der Waals surface area contributed by atoms with Gasteiger partial charge in [0.1, 0.15) is 0 Å². The Labute approximate surface area is 345 Å². The Morgan fingerprint density at radius 1 is 0.390 bits per heavy atom. The number of nitrogens with zero attached hydrogens (tertiary/aromatic N) is 3. The SMILES string of the molecule is CC1(C)c2cc(N(c3ccccc3)c3ccccc3)ccc2-c2c1c1cccc3c4c(n2c31)C(C)(C)c1cc2cc(N(c3ccccc3)c3ccccc3)ccc2cc1-4. The Bertz CT molecular complexity index is 3170. The van der Waals surface area contributed by atoms with Gasteiger partial charge >= 0.3 is 0 Å².